The number of aromatic nitrogens is 1. The summed E-state index contributed by atoms with van der Waals surface area (Å²) in [4.78, 5) is 27.0. The lowest BCUT2D eigenvalue weighted by molar-refractivity contribution is -0.116. The summed E-state index contributed by atoms with van der Waals surface area (Å²) in [6, 6.07) is 20.6. The Morgan fingerprint density at radius 2 is 1.86 bits per heavy atom. The standard InChI is InChI=1S/C34H30ClN3O5/c1-3-34(40)38-11-6-12-41-29-9-4-7-26(14-29)30-10-5-8-27(23(30)2)22-43-33-16-32(28(20-39)15-31(33)35)42-21-25-13-24(17-36)18-37-19-25/h3-5,7-10,13-16,18-20H,1,6,11-12,21-22H2,2H3,(H,38,40). The Kier molecular flexibility index (Phi) is 10.9. The van der Waals surface area contributed by atoms with Crippen molar-refractivity contribution in [3.63, 3.8) is 0 Å². The number of halogens is 1. The Balaban J connectivity index is 1.44. The first kappa shape index (κ1) is 30.8. The van der Waals surface area contributed by atoms with Gasteiger partial charge in [0.2, 0.25) is 5.91 Å². The predicted molar refractivity (Wildman–Crippen MR) is 164 cm³/mol. The molecule has 1 heterocycles. The van der Waals surface area contributed by atoms with Crippen molar-refractivity contribution < 1.29 is 23.8 Å². The summed E-state index contributed by atoms with van der Waals surface area (Å²) in [7, 11) is 0. The number of carbonyl (C=O) groups is 2. The van der Waals surface area contributed by atoms with Crippen LogP contribution in [0.1, 0.15) is 39.0 Å². The summed E-state index contributed by atoms with van der Waals surface area (Å²) < 4.78 is 17.9. The fraction of sp³-hybridized carbons (Fsp3) is 0.176. The predicted octanol–water partition coefficient (Wildman–Crippen LogP) is 6.62. The van der Waals surface area contributed by atoms with E-state index in [1.165, 1.54) is 18.3 Å². The second kappa shape index (κ2) is 15.2. The number of rotatable bonds is 14. The smallest absolute Gasteiger partial charge is 0.243 e. The third-order valence-corrected chi connectivity index (χ3v) is 6.85. The number of nitrogens with one attached hydrogen (secondary N) is 1. The first-order valence-electron chi connectivity index (χ1n) is 13.5. The Morgan fingerprint density at radius 1 is 1.05 bits per heavy atom. The molecule has 3 aromatic carbocycles. The maximum Gasteiger partial charge on any atom is 0.243 e. The molecule has 9 heteroatoms. The van der Waals surface area contributed by atoms with E-state index in [9.17, 15) is 9.59 Å². The highest BCUT2D eigenvalue weighted by Gasteiger charge is 2.14. The van der Waals surface area contributed by atoms with Gasteiger partial charge >= 0.3 is 0 Å². The average Bonchev–Trinajstić information content (AvgIpc) is 3.03. The van der Waals surface area contributed by atoms with Crippen LogP contribution in [0.4, 0.5) is 0 Å². The van der Waals surface area contributed by atoms with Crippen LogP contribution < -0.4 is 19.5 Å². The van der Waals surface area contributed by atoms with Gasteiger partial charge in [-0.15, -0.1) is 0 Å². The molecule has 0 bridgehead atoms. The third kappa shape index (κ3) is 8.44. The zero-order valence-electron chi connectivity index (χ0n) is 23.6. The van der Waals surface area contributed by atoms with Crippen LogP contribution in [0, 0.1) is 18.3 Å². The Bertz CT molecular complexity index is 1660. The van der Waals surface area contributed by atoms with Gasteiger partial charge in [-0.1, -0.05) is 48.5 Å². The van der Waals surface area contributed by atoms with Crippen molar-refractivity contribution in [2.24, 2.45) is 0 Å². The molecule has 0 unspecified atom stereocenters. The highest BCUT2D eigenvalue weighted by atomic mass is 35.5. The molecular formula is C34H30ClN3O5. The number of hydrogen-bond acceptors (Lipinski definition) is 7. The number of amides is 1. The van der Waals surface area contributed by atoms with Crippen molar-refractivity contribution in [2.45, 2.75) is 26.6 Å². The molecule has 218 valence electrons. The fourth-order valence-corrected chi connectivity index (χ4v) is 4.50. The van der Waals surface area contributed by atoms with Gasteiger partial charge in [0, 0.05) is 30.6 Å². The monoisotopic (exact) mass is 595 g/mol. The van der Waals surface area contributed by atoms with Gasteiger partial charge in [0.1, 0.15) is 36.5 Å². The Hall–Kier alpha value is -5.13. The van der Waals surface area contributed by atoms with Gasteiger partial charge in [-0.25, -0.2) is 0 Å². The summed E-state index contributed by atoms with van der Waals surface area (Å²) in [5.74, 6) is 1.21. The van der Waals surface area contributed by atoms with E-state index in [0.717, 1.165) is 28.0 Å². The van der Waals surface area contributed by atoms with Gasteiger partial charge in [-0.05, 0) is 65.9 Å². The van der Waals surface area contributed by atoms with E-state index >= 15 is 0 Å². The lowest BCUT2D eigenvalue weighted by Gasteiger charge is -2.16. The van der Waals surface area contributed by atoms with Crippen molar-refractivity contribution in [1.29, 1.82) is 5.26 Å². The molecular weight excluding hydrogens is 566 g/mol. The lowest BCUT2D eigenvalue weighted by Crippen LogP contribution is -2.23. The molecule has 8 nitrogen and oxygen atoms in total. The van der Waals surface area contributed by atoms with Gasteiger partial charge in [0.05, 0.1) is 22.8 Å². The van der Waals surface area contributed by atoms with Crippen LogP contribution in [-0.2, 0) is 18.0 Å². The molecule has 0 fully saturated rings. The number of pyridine rings is 1. The summed E-state index contributed by atoms with van der Waals surface area (Å²) in [6.45, 7) is 6.78. The van der Waals surface area contributed by atoms with E-state index in [4.69, 9.17) is 31.1 Å². The molecule has 0 saturated carbocycles. The van der Waals surface area contributed by atoms with Crippen LogP contribution in [0.5, 0.6) is 17.2 Å². The molecule has 0 saturated heterocycles. The number of aldehydes is 1. The van der Waals surface area contributed by atoms with Crippen LogP contribution in [0.2, 0.25) is 5.02 Å². The lowest BCUT2D eigenvalue weighted by atomic mass is 9.96. The summed E-state index contributed by atoms with van der Waals surface area (Å²) in [5, 5.41) is 12.1. The van der Waals surface area contributed by atoms with Crippen LogP contribution in [0.15, 0.2) is 85.7 Å². The molecule has 1 aromatic heterocycles. The van der Waals surface area contributed by atoms with Crippen LogP contribution in [-0.4, -0.2) is 30.3 Å². The molecule has 0 aliphatic rings. The quantitative estimate of drug-likeness (QED) is 0.0990. The van der Waals surface area contributed by atoms with Crippen molar-refractivity contribution in [1.82, 2.24) is 10.3 Å². The molecule has 0 aliphatic heterocycles. The zero-order valence-corrected chi connectivity index (χ0v) is 24.4. The summed E-state index contributed by atoms with van der Waals surface area (Å²) in [5.41, 5.74) is 5.41. The highest BCUT2D eigenvalue weighted by Crippen LogP contribution is 2.34. The molecule has 4 rings (SSSR count). The minimum atomic E-state index is -0.202. The maximum absolute atomic E-state index is 11.7. The van der Waals surface area contributed by atoms with Crippen molar-refractivity contribution in [3.8, 4) is 34.4 Å². The number of benzene rings is 3. The molecule has 0 spiro atoms. The van der Waals surface area contributed by atoms with Crippen LogP contribution in [0.25, 0.3) is 11.1 Å². The van der Waals surface area contributed by atoms with Gasteiger partial charge < -0.3 is 19.5 Å². The van der Waals surface area contributed by atoms with E-state index in [2.05, 4.69) is 16.9 Å². The molecule has 1 N–H and O–H groups in total. The number of ether oxygens (including phenoxy) is 3. The van der Waals surface area contributed by atoms with Gasteiger partial charge in [-0.3, -0.25) is 14.6 Å². The van der Waals surface area contributed by atoms with Gasteiger partial charge in [0.15, 0.2) is 6.29 Å². The average molecular weight is 596 g/mol. The van der Waals surface area contributed by atoms with Crippen LogP contribution in [0.3, 0.4) is 0 Å². The molecule has 0 aliphatic carbocycles. The number of hydrogen-bond donors (Lipinski definition) is 1. The first-order chi connectivity index (χ1) is 20.9. The van der Waals surface area contributed by atoms with E-state index < -0.39 is 0 Å². The normalized spacial score (nSPS) is 10.3. The Labute approximate surface area is 255 Å². The van der Waals surface area contributed by atoms with E-state index in [1.807, 2.05) is 55.5 Å². The number of nitriles is 1. The molecule has 0 atom stereocenters. The van der Waals surface area contributed by atoms with E-state index in [-0.39, 0.29) is 29.7 Å². The second-order valence-corrected chi connectivity index (χ2v) is 9.93. The largest absolute Gasteiger partial charge is 0.494 e. The summed E-state index contributed by atoms with van der Waals surface area (Å²) >= 11 is 6.45. The molecule has 0 radical (unpaired) electrons. The molecule has 4 aromatic rings. The number of carbonyl (C=O) groups excluding carboxylic acids is 2. The van der Waals surface area contributed by atoms with Gasteiger partial charge in [-0.2, -0.15) is 5.26 Å². The first-order valence-corrected chi connectivity index (χ1v) is 13.9. The highest BCUT2D eigenvalue weighted by molar-refractivity contribution is 6.32. The van der Waals surface area contributed by atoms with Crippen molar-refractivity contribution >= 4 is 23.8 Å². The number of nitrogens with zero attached hydrogens (tertiary/aromatic N) is 2. The Morgan fingerprint density at radius 3 is 2.65 bits per heavy atom. The molecule has 1 amide bonds. The van der Waals surface area contributed by atoms with E-state index in [0.29, 0.717) is 48.5 Å². The fourth-order valence-electron chi connectivity index (χ4n) is 4.27. The summed E-state index contributed by atoms with van der Waals surface area (Å²) in [6.07, 6.45) is 5.64. The second-order valence-electron chi connectivity index (χ2n) is 9.52. The van der Waals surface area contributed by atoms with Crippen LogP contribution >= 0.6 is 11.6 Å². The van der Waals surface area contributed by atoms with Crippen molar-refractivity contribution in [2.75, 3.05) is 13.2 Å². The van der Waals surface area contributed by atoms with Gasteiger partial charge in [0.25, 0.3) is 0 Å². The maximum atomic E-state index is 11.7. The minimum Gasteiger partial charge on any atom is -0.494 e. The SMILES string of the molecule is C=CC(=O)NCCCOc1cccc(-c2cccc(COc3cc(OCc4cncc(C#N)c4)c(C=O)cc3Cl)c2C)c1. The third-order valence-electron chi connectivity index (χ3n) is 6.56. The molecule has 43 heavy (non-hydrogen) atoms. The van der Waals surface area contributed by atoms with E-state index in [1.54, 1.807) is 18.3 Å². The zero-order chi connectivity index (χ0) is 30.6. The minimum absolute atomic E-state index is 0.111. The topological polar surface area (TPSA) is 111 Å². The van der Waals surface area contributed by atoms with Crippen molar-refractivity contribution in [3.05, 3.63) is 119 Å².